The summed E-state index contributed by atoms with van der Waals surface area (Å²) in [6, 6.07) is 2.12. The number of hydrogen-bond donors (Lipinski definition) is 1. The largest absolute Gasteiger partial charge is 0.362 e. The molecule has 20 heavy (non-hydrogen) atoms. The zero-order chi connectivity index (χ0) is 14.1. The zero-order valence-corrected chi connectivity index (χ0v) is 12.8. The summed E-state index contributed by atoms with van der Waals surface area (Å²) >= 11 is 7.65. The summed E-state index contributed by atoms with van der Waals surface area (Å²) in [7, 11) is 1.96. The van der Waals surface area contributed by atoms with E-state index in [1.165, 1.54) is 4.88 Å². The van der Waals surface area contributed by atoms with Crippen molar-refractivity contribution in [3.8, 4) is 0 Å². The molecule has 0 fully saturated rings. The summed E-state index contributed by atoms with van der Waals surface area (Å²) in [6.07, 6.45) is 4.68. The van der Waals surface area contributed by atoms with Crippen molar-refractivity contribution in [2.45, 2.75) is 19.9 Å². The lowest BCUT2D eigenvalue weighted by atomic mass is 10.3. The van der Waals surface area contributed by atoms with E-state index in [1.807, 2.05) is 17.8 Å². The lowest BCUT2D eigenvalue weighted by molar-refractivity contribution is 0.811. The Morgan fingerprint density at radius 1 is 1.40 bits per heavy atom. The number of anilines is 1. The molecule has 0 unspecified atom stereocenters. The molecule has 7 heteroatoms. The molecule has 3 aromatic rings. The molecule has 0 aromatic carbocycles. The standard InChI is InChI=1S/C13H14ClN5S/c1-3-8-6-9-11(17-13(14)18-12(9)20-8)16-7-10-15-4-5-19(10)2/h4-6H,3,7H2,1-2H3,(H,16,17,18). The number of nitrogens with zero attached hydrogens (tertiary/aromatic N) is 4. The number of aromatic nitrogens is 4. The van der Waals surface area contributed by atoms with Gasteiger partial charge in [-0.3, -0.25) is 0 Å². The van der Waals surface area contributed by atoms with Crippen LogP contribution in [0.2, 0.25) is 5.28 Å². The third-order valence-corrected chi connectivity index (χ3v) is 4.44. The Hall–Kier alpha value is -1.66. The van der Waals surface area contributed by atoms with E-state index in [4.69, 9.17) is 11.6 Å². The van der Waals surface area contributed by atoms with Crippen molar-refractivity contribution in [3.05, 3.63) is 34.4 Å². The van der Waals surface area contributed by atoms with Gasteiger partial charge in [-0.05, 0) is 24.1 Å². The Labute approximate surface area is 125 Å². The lowest BCUT2D eigenvalue weighted by Gasteiger charge is -2.07. The molecule has 0 saturated heterocycles. The van der Waals surface area contributed by atoms with Crippen LogP contribution < -0.4 is 5.32 Å². The van der Waals surface area contributed by atoms with E-state index in [1.54, 1.807) is 17.5 Å². The summed E-state index contributed by atoms with van der Waals surface area (Å²) in [6.45, 7) is 2.73. The summed E-state index contributed by atoms with van der Waals surface area (Å²) in [4.78, 5) is 15.0. The Balaban J connectivity index is 1.93. The van der Waals surface area contributed by atoms with Gasteiger partial charge in [-0.2, -0.15) is 0 Å². The van der Waals surface area contributed by atoms with Crippen molar-refractivity contribution in [1.82, 2.24) is 19.5 Å². The van der Waals surface area contributed by atoms with Crippen molar-refractivity contribution in [2.24, 2.45) is 7.05 Å². The van der Waals surface area contributed by atoms with Gasteiger partial charge in [0.2, 0.25) is 5.28 Å². The number of hydrogen-bond acceptors (Lipinski definition) is 5. The molecule has 3 aromatic heterocycles. The average molecular weight is 308 g/mol. The predicted molar refractivity (Wildman–Crippen MR) is 82.3 cm³/mol. The Bertz CT molecular complexity index is 748. The first-order valence-corrected chi connectivity index (χ1v) is 7.53. The SMILES string of the molecule is CCc1cc2c(NCc3nccn3C)nc(Cl)nc2s1. The average Bonchev–Trinajstić information content (AvgIpc) is 3.01. The smallest absolute Gasteiger partial charge is 0.225 e. The van der Waals surface area contributed by atoms with Gasteiger partial charge in [0, 0.05) is 24.3 Å². The van der Waals surface area contributed by atoms with E-state index in [9.17, 15) is 0 Å². The molecule has 0 aliphatic carbocycles. The van der Waals surface area contributed by atoms with Crippen LogP contribution in [0, 0.1) is 0 Å². The number of imidazole rings is 1. The maximum Gasteiger partial charge on any atom is 0.225 e. The van der Waals surface area contributed by atoms with Crippen LogP contribution in [0.5, 0.6) is 0 Å². The molecule has 0 bridgehead atoms. The maximum absolute atomic E-state index is 5.99. The number of nitrogens with one attached hydrogen (secondary N) is 1. The van der Waals surface area contributed by atoms with Crippen molar-refractivity contribution in [3.63, 3.8) is 0 Å². The minimum atomic E-state index is 0.268. The predicted octanol–water partition coefficient (Wildman–Crippen LogP) is 3.25. The van der Waals surface area contributed by atoms with Gasteiger partial charge in [0.05, 0.1) is 11.9 Å². The Morgan fingerprint density at radius 3 is 2.95 bits per heavy atom. The lowest BCUT2D eigenvalue weighted by Crippen LogP contribution is -2.07. The Kier molecular flexibility index (Phi) is 3.58. The first-order valence-electron chi connectivity index (χ1n) is 6.33. The minimum absolute atomic E-state index is 0.268. The maximum atomic E-state index is 5.99. The van der Waals surface area contributed by atoms with Crippen molar-refractivity contribution in [2.75, 3.05) is 5.32 Å². The van der Waals surface area contributed by atoms with E-state index in [-0.39, 0.29) is 5.28 Å². The fraction of sp³-hybridized carbons (Fsp3) is 0.308. The highest BCUT2D eigenvalue weighted by atomic mass is 35.5. The van der Waals surface area contributed by atoms with Crippen LogP contribution in [0.3, 0.4) is 0 Å². The molecule has 0 radical (unpaired) electrons. The van der Waals surface area contributed by atoms with Crippen molar-refractivity contribution in [1.29, 1.82) is 0 Å². The topological polar surface area (TPSA) is 55.6 Å². The van der Waals surface area contributed by atoms with Gasteiger partial charge in [0.15, 0.2) is 0 Å². The van der Waals surface area contributed by atoms with E-state index in [0.717, 1.165) is 28.3 Å². The highest BCUT2D eigenvalue weighted by Gasteiger charge is 2.11. The quantitative estimate of drug-likeness (QED) is 0.752. The van der Waals surface area contributed by atoms with E-state index >= 15 is 0 Å². The molecule has 0 saturated carbocycles. The Morgan fingerprint density at radius 2 is 2.25 bits per heavy atom. The van der Waals surface area contributed by atoms with Crippen LogP contribution in [0.1, 0.15) is 17.6 Å². The molecule has 0 atom stereocenters. The fourth-order valence-corrected chi connectivity index (χ4v) is 3.17. The van der Waals surface area contributed by atoms with E-state index in [0.29, 0.717) is 6.54 Å². The summed E-state index contributed by atoms with van der Waals surface area (Å²) in [5.41, 5.74) is 0. The molecule has 3 heterocycles. The second kappa shape index (κ2) is 5.38. The van der Waals surface area contributed by atoms with Gasteiger partial charge < -0.3 is 9.88 Å². The van der Waals surface area contributed by atoms with Gasteiger partial charge >= 0.3 is 0 Å². The second-order valence-electron chi connectivity index (χ2n) is 4.43. The second-order valence-corrected chi connectivity index (χ2v) is 5.89. The number of fused-ring (bicyclic) bond motifs is 1. The van der Waals surface area contributed by atoms with Crippen LogP contribution in [0.4, 0.5) is 5.82 Å². The minimum Gasteiger partial charge on any atom is -0.362 e. The molecule has 5 nitrogen and oxygen atoms in total. The van der Waals surface area contributed by atoms with Crippen LogP contribution in [0.25, 0.3) is 10.2 Å². The number of halogens is 1. The number of thiophene rings is 1. The van der Waals surface area contributed by atoms with Crippen LogP contribution >= 0.6 is 22.9 Å². The van der Waals surface area contributed by atoms with Crippen molar-refractivity contribution >= 4 is 39.0 Å². The van der Waals surface area contributed by atoms with Crippen molar-refractivity contribution < 1.29 is 0 Å². The third-order valence-electron chi connectivity index (χ3n) is 3.10. The molecule has 1 N–H and O–H groups in total. The number of aryl methyl sites for hydroxylation is 2. The highest BCUT2D eigenvalue weighted by molar-refractivity contribution is 7.18. The van der Waals surface area contributed by atoms with Gasteiger partial charge in [-0.25, -0.2) is 15.0 Å². The van der Waals surface area contributed by atoms with Crippen LogP contribution in [-0.4, -0.2) is 19.5 Å². The molecule has 0 spiro atoms. The first-order chi connectivity index (χ1) is 9.67. The van der Waals surface area contributed by atoms with E-state index in [2.05, 4.69) is 33.3 Å². The van der Waals surface area contributed by atoms with Gasteiger partial charge in [0.25, 0.3) is 0 Å². The summed E-state index contributed by atoms with van der Waals surface area (Å²) in [5, 5.41) is 4.58. The molecule has 3 rings (SSSR count). The monoisotopic (exact) mass is 307 g/mol. The molecular formula is C13H14ClN5S. The fourth-order valence-electron chi connectivity index (χ4n) is 1.98. The molecule has 0 aliphatic heterocycles. The zero-order valence-electron chi connectivity index (χ0n) is 11.2. The molecule has 104 valence electrons. The van der Waals surface area contributed by atoms with Crippen LogP contribution in [0.15, 0.2) is 18.5 Å². The highest BCUT2D eigenvalue weighted by Crippen LogP contribution is 2.30. The van der Waals surface area contributed by atoms with Gasteiger partial charge in [-0.1, -0.05) is 6.92 Å². The first kappa shape index (κ1) is 13.3. The van der Waals surface area contributed by atoms with Crippen LogP contribution in [-0.2, 0) is 20.0 Å². The molecular weight excluding hydrogens is 294 g/mol. The number of rotatable bonds is 4. The summed E-state index contributed by atoms with van der Waals surface area (Å²) in [5.74, 6) is 1.71. The normalized spacial score (nSPS) is 11.2. The molecule has 0 aliphatic rings. The summed E-state index contributed by atoms with van der Waals surface area (Å²) < 4.78 is 1.97. The van der Waals surface area contributed by atoms with E-state index < -0.39 is 0 Å². The van der Waals surface area contributed by atoms with Gasteiger partial charge in [-0.15, -0.1) is 11.3 Å². The molecule has 0 amide bonds. The van der Waals surface area contributed by atoms with Gasteiger partial charge in [0.1, 0.15) is 16.5 Å². The third kappa shape index (κ3) is 2.48.